The van der Waals surface area contributed by atoms with Crippen LogP contribution in [0, 0.1) is 0 Å². The highest BCUT2D eigenvalue weighted by Gasteiger charge is 2.33. The van der Waals surface area contributed by atoms with E-state index in [1.807, 2.05) is 28.9 Å². The van der Waals surface area contributed by atoms with Gasteiger partial charge in [-0.3, -0.25) is 4.90 Å². The second-order valence-corrected chi connectivity index (χ2v) is 9.36. The molecule has 0 bridgehead atoms. The Balaban J connectivity index is 0.00000342. The number of tetrazole rings is 1. The number of hydrogen-bond donors (Lipinski definition) is 0. The van der Waals surface area contributed by atoms with Crippen LogP contribution in [0.3, 0.4) is 0 Å². The highest BCUT2D eigenvalue weighted by molar-refractivity contribution is 5.85. The zero-order valence-corrected chi connectivity index (χ0v) is 22.1. The summed E-state index contributed by atoms with van der Waals surface area (Å²) in [6, 6.07) is 14.2. The summed E-state index contributed by atoms with van der Waals surface area (Å²) in [6.45, 7) is 9.85. The van der Waals surface area contributed by atoms with E-state index in [2.05, 4.69) is 64.3 Å². The van der Waals surface area contributed by atoms with Gasteiger partial charge >= 0.3 is 0 Å². The van der Waals surface area contributed by atoms with Gasteiger partial charge in [0.1, 0.15) is 5.75 Å². The first kappa shape index (κ1) is 26.6. The van der Waals surface area contributed by atoms with Gasteiger partial charge in [0.05, 0.1) is 32.9 Å². The molecule has 190 valence electrons. The summed E-state index contributed by atoms with van der Waals surface area (Å²) in [5, 5.41) is 12.9. The lowest BCUT2D eigenvalue weighted by molar-refractivity contribution is 0.191. The normalized spacial score (nSPS) is 15.3. The number of ether oxygens (including phenoxy) is 3. The number of aromatic nitrogens is 4. The van der Waals surface area contributed by atoms with Crippen molar-refractivity contribution in [2.75, 3.05) is 52.4 Å². The van der Waals surface area contributed by atoms with E-state index in [0.29, 0.717) is 11.5 Å². The van der Waals surface area contributed by atoms with Gasteiger partial charge in [-0.1, -0.05) is 6.07 Å². The minimum atomic E-state index is -0.251. The van der Waals surface area contributed by atoms with E-state index in [-0.39, 0.29) is 24.0 Å². The fraction of sp³-hybridized carbons (Fsp3) is 0.480. The monoisotopic (exact) mass is 502 g/mol. The Morgan fingerprint density at radius 2 is 1.49 bits per heavy atom. The molecule has 2 aromatic carbocycles. The number of anilines is 1. The molecule has 4 rings (SSSR count). The van der Waals surface area contributed by atoms with Gasteiger partial charge in [0.15, 0.2) is 17.3 Å². The maximum atomic E-state index is 5.60. The van der Waals surface area contributed by atoms with Gasteiger partial charge in [-0.05, 0) is 73.2 Å². The Kier molecular flexibility index (Phi) is 8.45. The predicted molar refractivity (Wildman–Crippen MR) is 138 cm³/mol. The molecular weight excluding hydrogens is 468 g/mol. The Morgan fingerprint density at radius 3 is 2.06 bits per heavy atom. The average Bonchev–Trinajstić information content (AvgIpc) is 3.35. The standard InChI is InChI=1S/C25H34N6O3.ClH/c1-25(2,3)31-24(26-27-28-31)23(18-7-12-21(33-5)22(17-18)34-6)30-15-13-29(14-16-30)19-8-10-20(32-4)11-9-19;/h7-12,17,23H,13-16H2,1-6H3;1H. The van der Waals surface area contributed by atoms with Crippen molar-refractivity contribution in [3.05, 3.63) is 53.9 Å². The molecule has 10 heteroatoms. The zero-order chi connectivity index (χ0) is 24.3. The molecule has 1 saturated heterocycles. The minimum absolute atomic E-state index is 0. The van der Waals surface area contributed by atoms with Gasteiger partial charge in [-0.15, -0.1) is 17.5 Å². The molecule has 0 radical (unpaired) electrons. The van der Waals surface area contributed by atoms with Crippen LogP contribution in [0.2, 0.25) is 0 Å². The van der Waals surface area contributed by atoms with Crippen LogP contribution in [-0.4, -0.2) is 72.6 Å². The Hall–Kier alpha value is -3.04. The molecule has 35 heavy (non-hydrogen) atoms. The molecule has 1 unspecified atom stereocenters. The van der Waals surface area contributed by atoms with E-state index < -0.39 is 0 Å². The van der Waals surface area contributed by atoms with E-state index in [9.17, 15) is 0 Å². The lowest BCUT2D eigenvalue weighted by Crippen LogP contribution is -2.48. The van der Waals surface area contributed by atoms with E-state index >= 15 is 0 Å². The Bertz CT molecular complexity index is 1090. The first-order valence-corrected chi connectivity index (χ1v) is 11.5. The van der Waals surface area contributed by atoms with Crippen molar-refractivity contribution >= 4 is 18.1 Å². The molecule has 1 aliphatic rings. The van der Waals surface area contributed by atoms with E-state index in [1.165, 1.54) is 5.69 Å². The SMILES string of the molecule is COc1ccc(N2CCN(C(c3ccc(OC)c(OC)c3)c3nnnn3C(C)(C)C)CC2)cc1.Cl. The van der Waals surface area contributed by atoms with Gasteiger partial charge in [0, 0.05) is 31.9 Å². The number of piperazine rings is 1. The van der Waals surface area contributed by atoms with E-state index in [0.717, 1.165) is 43.3 Å². The van der Waals surface area contributed by atoms with Crippen LogP contribution < -0.4 is 19.1 Å². The third-order valence-corrected chi connectivity index (χ3v) is 6.21. The molecule has 1 fully saturated rings. The van der Waals surface area contributed by atoms with E-state index in [1.54, 1.807) is 21.3 Å². The summed E-state index contributed by atoms with van der Waals surface area (Å²) in [4.78, 5) is 4.84. The number of methoxy groups -OCH3 is 3. The zero-order valence-electron chi connectivity index (χ0n) is 21.3. The number of hydrogen-bond acceptors (Lipinski definition) is 8. The van der Waals surface area contributed by atoms with Crippen LogP contribution >= 0.6 is 12.4 Å². The van der Waals surface area contributed by atoms with Crippen molar-refractivity contribution in [1.29, 1.82) is 0 Å². The molecule has 1 aromatic heterocycles. The van der Waals surface area contributed by atoms with Crippen LogP contribution in [-0.2, 0) is 5.54 Å². The highest BCUT2D eigenvalue weighted by Crippen LogP contribution is 2.36. The predicted octanol–water partition coefficient (Wildman–Crippen LogP) is 3.79. The van der Waals surface area contributed by atoms with Crippen LogP contribution in [0.4, 0.5) is 5.69 Å². The molecule has 9 nitrogen and oxygen atoms in total. The Labute approximate surface area is 213 Å². The molecule has 1 aliphatic heterocycles. The maximum Gasteiger partial charge on any atom is 0.173 e. The molecule has 3 aromatic rings. The van der Waals surface area contributed by atoms with Gasteiger partial charge in [-0.25, -0.2) is 4.68 Å². The number of nitrogens with zero attached hydrogens (tertiary/aromatic N) is 6. The third kappa shape index (κ3) is 5.62. The summed E-state index contributed by atoms with van der Waals surface area (Å²) in [6.07, 6.45) is 0. The smallest absolute Gasteiger partial charge is 0.173 e. The van der Waals surface area contributed by atoms with Crippen LogP contribution in [0.1, 0.15) is 38.2 Å². The van der Waals surface area contributed by atoms with Crippen molar-refractivity contribution < 1.29 is 14.2 Å². The van der Waals surface area contributed by atoms with Gasteiger partial charge in [0.2, 0.25) is 0 Å². The molecular formula is C25H35ClN6O3. The minimum Gasteiger partial charge on any atom is -0.497 e. The fourth-order valence-corrected chi connectivity index (χ4v) is 4.42. The molecule has 1 atom stereocenters. The summed E-state index contributed by atoms with van der Waals surface area (Å²) >= 11 is 0. The number of halogens is 1. The lowest BCUT2D eigenvalue weighted by atomic mass is 10.0. The van der Waals surface area contributed by atoms with Crippen molar-refractivity contribution in [2.24, 2.45) is 0 Å². The fourth-order valence-electron chi connectivity index (χ4n) is 4.42. The average molecular weight is 503 g/mol. The summed E-state index contributed by atoms with van der Waals surface area (Å²) in [5.74, 6) is 3.07. The summed E-state index contributed by atoms with van der Waals surface area (Å²) < 4.78 is 18.3. The second-order valence-electron chi connectivity index (χ2n) is 9.36. The van der Waals surface area contributed by atoms with Crippen LogP contribution in [0.5, 0.6) is 17.2 Å². The number of benzene rings is 2. The summed E-state index contributed by atoms with van der Waals surface area (Å²) in [5.41, 5.74) is 2.01. The number of rotatable bonds is 7. The molecule has 0 amide bonds. The molecule has 0 spiro atoms. The quantitative estimate of drug-likeness (QED) is 0.483. The van der Waals surface area contributed by atoms with Crippen molar-refractivity contribution in [3.63, 3.8) is 0 Å². The third-order valence-electron chi connectivity index (χ3n) is 6.21. The van der Waals surface area contributed by atoms with Crippen molar-refractivity contribution in [1.82, 2.24) is 25.1 Å². The molecule has 0 saturated carbocycles. The lowest BCUT2D eigenvalue weighted by Gasteiger charge is -2.40. The second kappa shape index (κ2) is 11.1. The highest BCUT2D eigenvalue weighted by atomic mass is 35.5. The largest absolute Gasteiger partial charge is 0.497 e. The van der Waals surface area contributed by atoms with Crippen LogP contribution in [0.15, 0.2) is 42.5 Å². The molecule has 2 heterocycles. The van der Waals surface area contributed by atoms with Gasteiger partial charge in [0.25, 0.3) is 0 Å². The molecule has 0 aliphatic carbocycles. The first-order chi connectivity index (χ1) is 16.4. The maximum absolute atomic E-state index is 5.60. The molecule has 0 N–H and O–H groups in total. The van der Waals surface area contributed by atoms with E-state index in [4.69, 9.17) is 14.2 Å². The van der Waals surface area contributed by atoms with Gasteiger partial charge in [-0.2, -0.15) is 0 Å². The first-order valence-electron chi connectivity index (χ1n) is 11.5. The Morgan fingerprint density at radius 1 is 0.829 bits per heavy atom. The topological polar surface area (TPSA) is 77.8 Å². The van der Waals surface area contributed by atoms with Crippen molar-refractivity contribution in [2.45, 2.75) is 32.4 Å². The van der Waals surface area contributed by atoms with Crippen molar-refractivity contribution in [3.8, 4) is 17.2 Å². The van der Waals surface area contributed by atoms with Crippen LogP contribution in [0.25, 0.3) is 0 Å². The van der Waals surface area contributed by atoms with Gasteiger partial charge < -0.3 is 19.1 Å². The summed E-state index contributed by atoms with van der Waals surface area (Å²) in [7, 11) is 4.99.